The molecule has 0 aliphatic rings. The van der Waals surface area contributed by atoms with Gasteiger partial charge in [0.1, 0.15) is 5.82 Å². The number of nitriles is 1. The molecule has 0 atom stereocenters. The Labute approximate surface area is 80.8 Å². The van der Waals surface area contributed by atoms with Crippen LogP contribution in [0.4, 0.5) is 0 Å². The molecule has 0 heterocycles. The number of nitrogens with one attached hydrogen (secondary N) is 2. The average Bonchev–Trinajstić information content (AvgIpc) is 2.12. The molecule has 0 bridgehead atoms. The van der Waals surface area contributed by atoms with Crippen LogP contribution in [0.5, 0.6) is 0 Å². The van der Waals surface area contributed by atoms with Crippen LogP contribution in [0.3, 0.4) is 0 Å². The van der Waals surface area contributed by atoms with Crippen LogP contribution >= 0.6 is 0 Å². The number of hydrogen-bond donors (Lipinski definition) is 2. The van der Waals surface area contributed by atoms with Crippen LogP contribution in [-0.2, 0) is 0 Å². The lowest BCUT2D eigenvalue weighted by Gasteiger charge is -2.24. The molecular weight excluding hydrogens is 162 g/mol. The predicted molar refractivity (Wildman–Crippen MR) is 54.8 cm³/mol. The van der Waals surface area contributed by atoms with Crippen LogP contribution in [0.2, 0.25) is 0 Å². The van der Waals surface area contributed by atoms with Crippen molar-refractivity contribution in [1.29, 1.82) is 5.26 Å². The highest BCUT2D eigenvalue weighted by Crippen LogP contribution is 2.17. The van der Waals surface area contributed by atoms with Crippen molar-refractivity contribution in [2.75, 3.05) is 13.6 Å². The summed E-state index contributed by atoms with van der Waals surface area (Å²) in [6.45, 7) is 7.42. The molecule has 3 heteroatoms. The fourth-order valence-corrected chi connectivity index (χ4v) is 0.736. The molecule has 0 rings (SSSR count). The Morgan fingerprint density at radius 2 is 2.15 bits per heavy atom. The van der Waals surface area contributed by atoms with Gasteiger partial charge < -0.3 is 10.6 Å². The molecular formula is C10H19N3. The zero-order chi connectivity index (χ0) is 10.3. The van der Waals surface area contributed by atoms with Gasteiger partial charge in [-0.3, -0.25) is 0 Å². The van der Waals surface area contributed by atoms with Gasteiger partial charge >= 0.3 is 0 Å². The molecule has 0 unspecified atom stereocenters. The zero-order valence-corrected chi connectivity index (χ0v) is 8.94. The standard InChI is InChI=1S/C10H19N3/c1-5-10(2,3)8-13-9(12-4)6-7-11/h6,12-13H,5,8H2,1-4H3/b9-6+. The molecule has 74 valence electrons. The largest absolute Gasteiger partial charge is 0.374 e. The molecule has 0 saturated carbocycles. The molecule has 0 aromatic heterocycles. The van der Waals surface area contributed by atoms with Gasteiger partial charge in [-0.2, -0.15) is 5.26 Å². The smallest absolute Gasteiger partial charge is 0.109 e. The molecule has 0 fully saturated rings. The topological polar surface area (TPSA) is 47.9 Å². The lowest BCUT2D eigenvalue weighted by molar-refractivity contribution is 0.338. The minimum atomic E-state index is 0.269. The summed E-state index contributed by atoms with van der Waals surface area (Å²) in [4.78, 5) is 0. The third kappa shape index (κ3) is 5.13. The summed E-state index contributed by atoms with van der Waals surface area (Å²) in [5.41, 5.74) is 0.269. The van der Waals surface area contributed by atoms with Crippen molar-refractivity contribution in [2.24, 2.45) is 5.41 Å². The lowest BCUT2D eigenvalue weighted by atomic mass is 9.90. The Balaban J connectivity index is 4.01. The molecule has 0 aliphatic carbocycles. The molecule has 0 spiro atoms. The van der Waals surface area contributed by atoms with Crippen molar-refractivity contribution in [3.8, 4) is 6.07 Å². The van der Waals surface area contributed by atoms with Gasteiger partial charge in [0.25, 0.3) is 0 Å². The zero-order valence-electron chi connectivity index (χ0n) is 8.94. The van der Waals surface area contributed by atoms with E-state index in [9.17, 15) is 0 Å². The van der Waals surface area contributed by atoms with Crippen LogP contribution in [-0.4, -0.2) is 13.6 Å². The van der Waals surface area contributed by atoms with Crippen LogP contribution in [0.25, 0.3) is 0 Å². The van der Waals surface area contributed by atoms with Gasteiger partial charge in [-0.25, -0.2) is 0 Å². The molecule has 0 saturated heterocycles. The SMILES string of the molecule is CCC(C)(C)CN/C(=C/C#N)NC. The Kier molecular flexibility index (Phi) is 4.98. The maximum atomic E-state index is 8.45. The molecule has 0 aromatic carbocycles. The summed E-state index contributed by atoms with van der Waals surface area (Å²) >= 11 is 0. The van der Waals surface area contributed by atoms with E-state index in [1.165, 1.54) is 6.08 Å². The van der Waals surface area contributed by atoms with Crippen LogP contribution in [0.1, 0.15) is 27.2 Å². The van der Waals surface area contributed by atoms with Gasteiger partial charge in [-0.1, -0.05) is 20.8 Å². The summed E-state index contributed by atoms with van der Waals surface area (Å²) in [6, 6.07) is 1.99. The molecule has 0 aliphatic heterocycles. The van der Waals surface area contributed by atoms with Crippen molar-refractivity contribution < 1.29 is 0 Å². The summed E-state index contributed by atoms with van der Waals surface area (Å²) < 4.78 is 0. The lowest BCUT2D eigenvalue weighted by Crippen LogP contribution is -2.32. The van der Waals surface area contributed by atoms with Crippen molar-refractivity contribution in [2.45, 2.75) is 27.2 Å². The molecule has 0 aromatic rings. The molecule has 3 nitrogen and oxygen atoms in total. The molecule has 13 heavy (non-hydrogen) atoms. The first-order valence-electron chi connectivity index (χ1n) is 4.57. The van der Waals surface area contributed by atoms with E-state index >= 15 is 0 Å². The minimum Gasteiger partial charge on any atom is -0.374 e. The highest BCUT2D eigenvalue weighted by atomic mass is 15.1. The van der Waals surface area contributed by atoms with Gasteiger partial charge in [-0.05, 0) is 11.8 Å². The van der Waals surface area contributed by atoms with E-state index in [0.717, 1.165) is 18.8 Å². The second-order valence-corrected chi connectivity index (χ2v) is 3.81. The highest BCUT2D eigenvalue weighted by Gasteiger charge is 2.14. The minimum absolute atomic E-state index is 0.269. The third-order valence-corrected chi connectivity index (χ3v) is 2.19. The highest BCUT2D eigenvalue weighted by molar-refractivity contribution is 5.10. The summed E-state index contributed by atoms with van der Waals surface area (Å²) in [7, 11) is 1.80. The first-order valence-corrected chi connectivity index (χ1v) is 4.57. The van der Waals surface area contributed by atoms with E-state index in [-0.39, 0.29) is 5.41 Å². The quantitative estimate of drug-likeness (QED) is 0.633. The Morgan fingerprint density at radius 3 is 2.54 bits per heavy atom. The van der Waals surface area contributed by atoms with E-state index in [1.54, 1.807) is 7.05 Å². The Hall–Kier alpha value is -1.17. The van der Waals surface area contributed by atoms with Gasteiger partial charge in [0.05, 0.1) is 12.1 Å². The third-order valence-electron chi connectivity index (χ3n) is 2.19. The Morgan fingerprint density at radius 1 is 1.54 bits per heavy atom. The summed E-state index contributed by atoms with van der Waals surface area (Å²) in [5.74, 6) is 0.782. The van der Waals surface area contributed by atoms with E-state index in [1.807, 2.05) is 6.07 Å². The number of nitrogens with zero attached hydrogens (tertiary/aromatic N) is 1. The number of rotatable bonds is 5. The van der Waals surface area contributed by atoms with Gasteiger partial charge in [0.15, 0.2) is 0 Å². The number of hydrogen-bond acceptors (Lipinski definition) is 3. The normalized spacial score (nSPS) is 12.1. The maximum Gasteiger partial charge on any atom is 0.109 e. The second kappa shape index (κ2) is 5.47. The van der Waals surface area contributed by atoms with Gasteiger partial charge in [0, 0.05) is 13.6 Å². The number of allylic oxidation sites excluding steroid dienone is 1. The van der Waals surface area contributed by atoms with E-state index in [4.69, 9.17) is 5.26 Å². The van der Waals surface area contributed by atoms with Crippen LogP contribution < -0.4 is 10.6 Å². The molecule has 2 N–H and O–H groups in total. The molecule has 0 radical (unpaired) electrons. The van der Waals surface area contributed by atoms with Crippen molar-refractivity contribution in [1.82, 2.24) is 10.6 Å². The summed E-state index contributed by atoms with van der Waals surface area (Å²) in [6.07, 6.45) is 2.59. The second-order valence-electron chi connectivity index (χ2n) is 3.81. The average molecular weight is 181 g/mol. The maximum absolute atomic E-state index is 8.45. The summed E-state index contributed by atoms with van der Waals surface area (Å²) in [5, 5.41) is 14.6. The predicted octanol–water partition coefficient (Wildman–Crippen LogP) is 1.60. The van der Waals surface area contributed by atoms with E-state index < -0.39 is 0 Å². The van der Waals surface area contributed by atoms with E-state index in [2.05, 4.69) is 31.4 Å². The van der Waals surface area contributed by atoms with Crippen molar-refractivity contribution in [3.63, 3.8) is 0 Å². The first kappa shape index (κ1) is 11.8. The fourth-order valence-electron chi connectivity index (χ4n) is 0.736. The molecule has 0 amide bonds. The first-order chi connectivity index (χ1) is 6.05. The van der Waals surface area contributed by atoms with E-state index in [0.29, 0.717) is 0 Å². The van der Waals surface area contributed by atoms with Crippen LogP contribution in [0, 0.1) is 16.7 Å². The van der Waals surface area contributed by atoms with Gasteiger partial charge in [-0.15, -0.1) is 0 Å². The van der Waals surface area contributed by atoms with Gasteiger partial charge in [0.2, 0.25) is 0 Å². The van der Waals surface area contributed by atoms with Crippen molar-refractivity contribution >= 4 is 0 Å². The monoisotopic (exact) mass is 181 g/mol. The van der Waals surface area contributed by atoms with Crippen LogP contribution in [0.15, 0.2) is 11.9 Å². The van der Waals surface area contributed by atoms with Crippen molar-refractivity contribution in [3.05, 3.63) is 11.9 Å². The Bertz CT molecular complexity index is 211. The fraction of sp³-hybridized carbons (Fsp3) is 0.700.